The van der Waals surface area contributed by atoms with E-state index in [1.54, 1.807) is 0 Å². The number of H-pyrrole nitrogens is 1. The third kappa shape index (κ3) is 1.37. The van der Waals surface area contributed by atoms with E-state index in [2.05, 4.69) is 30.1 Å². The fourth-order valence-corrected chi connectivity index (χ4v) is 2.71. The van der Waals surface area contributed by atoms with Crippen molar-refractivity contribution in [3.05, 3.63) is 35.0 Å². The van der Waals surface area contributed by atoms with Crippen LogP contribution in [0.3, 0.4) is 0 Å². The molecule has 2 aromatic rings. The molecule has 2 N–H and O–H groups in total. The molecule has 0 unspecified atom stereocenters. The van der Waals surface area contributed by atoms with E-state index in [9.17, 15) is 5.11 Å². The minimum absolute atomic E-state index is 0.291. The lowest BCUT2D eigenvalue weighted by molar-refractivity contribution is 0.153. The summed E-state index contributed by atoms with van der Waals surface area (Å²) in [4.78, 5) is 3.37. The third-order valence-electron chi connectivity index (χ3n) is 3.65. The van der Waals surface area contributed by atoms with Crippen molar-refractivity contribution in [3.8, 4) is 0 Å². The molecule has 16 heavy (non-hydrogen) atoms. The topological polar surface area (TPSA) is 36.0 Å². The van der Waals surface area contributed by atoms with Crippen molar-refractivity contribution >= 4 is 10.9 Å². The summed E-state index contributed by atoms with van der Waals surface area (Å²) in [6, 6.07) is 6.57. The maximum Gasteiger partial charge on any atom is 0.0941 e. The average molecular weight is 215 g/mol. The predicted molar refractivity (Wildman–Crippen MR) is 65.6 cm³/mol. The SMILES string of the molecule is CCc1ccc2[nH]c3c(c2c1)CCC[C@H]3O. The van der Waals surface area contributed by atoms with E-state index in [4.69, 9.17) is 0 Å². The number of aromatic nitrogens is 1. The molecule has 0 fully saturated rings. The molecule has 1 heterocycles. The minimum Gasteiger partial charge on any atom is -0.387 e. The molecule has 0 bridgehead atoms. The van der Waals surface area contributed by atoms with Crippen molar-refractivity contribution in [1.82, 2.24) is 4.98 Å². The normalized spacial score (nSPS) is 20.0. The van der Waals surface area contributed by atoms with Gasteiger partial charge in [0.2, 0.25) is 0 Å². The number of rotatable bonds is 1. The highest BCUT2D eigenvalue weighted by Crippen LogP contribution is 2.34. The molecule has 1 atom stereocenters. The largest absolute Gasteiger partial charge is 0.387 e. The number of hydrogen-bond donors (Lipinski definition) is 2. The molecule has 2 heteroatoms. The van der Waals surface area contributed by atoms with Crippen molar-refractivity contribution < 1.29 is 5.11 Å². The maximum atomic E-state index is 9.96. The van der Waals surface area contributed by atoms with Crippen LogP contribution in [0.1, 0.15) is 42.7 Å². The fourth-order valence-electron chi connectivity index (χ4n) is 2.71. The van der Waals surface area contributed by atoms with Crippen LogP contribution < -0.4 is 0 Å². The van der Waals surface area contributed by atoms with E-state index in [-0.39, 0.29) is 6.10 Å². The Bertz CT molecular complexity index is 527. The number of aromatic amines is 1. The molecule has 3 rings (SSSR count). The number of nitrogens with one attached hydrogen (secondary N) is 1. The highest BCUT2D eigenvalue weighted by Gasteiger charge is 2.22. The minimum atomic E-state index is -0.291. The zero-order valence-electron chi connectivity index (χ0n) is 9.59. The van der Waals surface area contributed by atoms with Gasteiger partial charge >= 0.3 is 0 Å². The molecular weight excluding hydrogens is 198 g/mol. The lowest BCUT2D eigenvalue weighted by Crippen LogP contribution is -2.07. The molecule has 0 amide bonds. The molecule has 1 aromatic carbocycles. The van der Waals surface area contributed by atoms with Gasteiger partial charge in [0, 0.05) is 16.6 Å². The summed E-state index contributed by atoms with van der Waals surface area (Å²) in [7, 11) is 0. The van der Waals surface area contributed by atoms with Gasteiger partial charge in [0.1, 0.15) is 0 Å². The van der Waals surface area contributed by atoms with Gasteiger partial charge in [0.05, 0.1) is 6.10 Å². The first-order valence-corrected chi connectivity index (χ1v) is 6.11. The molecule has 0 saturated carbocycles. The Balaban J connectivity index is 2.25. The Labute approximate surface area is 95.3 Å². The molecule has 84 valence electrons. The zero-order chi connectivity index (χ0) is 11.1. The van der Waals surface area contributed by atoms with Crippen LogP contribution in [0.2, 0.25) is 0 Å². The number of fused-ring (bicyclic) bond motifs is 3. The molecule has 0 aliphatic heterocycles. The van der Waals surface area contributed by atoms with Gasteiger partial charge in [-0.3, -0.25) is 0 Å². The summed E-state index contributed by atoms with van der Waals surface area (Å²) in [5, 5.41) is 11.3. The van der Waals surface area contributed by atoms with E-state index in [1.807, 2.05) is 0 Å². The number of hydrogen-bond acceptors (Lipinski definition) is 1. The molecule has 1 aliphatic rings. The second-order valence-corrected chi connectivity index (χ2v) is 4.66. The lowest BCUT2D eigenvalue weighted by atomic mass is 9.93. The Morgan fingerprint density at radius 1 is 1.44 bits per heavy atom. The van der Waals surface area contributed by atoms with E-state index >= 15 is 0 Å². The average Bonchev–Trinajstić information content (AvgIpc) is 2.68. The van der Waals surface area contributed by atoms with Gasteiger partial charge < -0.3 is 10.1 Å². The van der Waals surface area contributed by atoms with Crippen LogP contribution in [0.4, 0.5) is 0 Å². The molecule has 0 saturated heterocycles. The van der Waals surface area contributed by atoms with Gasteiger partial charge in [-0.2, -0.15) is 0 Å². The molecule has 1 aliphatic carbocycles. The fraction of sp³-hybridized carbons (Fsp3) is 0.429. The second kappa shape index (κ2) is 3.63. The van der Waals surface area contributed by atoms with Crippen LogP contribution in [0, 0.1) is 0 Å². The first-order valence-electron chi connectivity index (χ1n) is 6.11. The summed E-state index contributed by atoms with van der Waals surface area (Å²) in [6.07, 6.45) is 3.86. The smallest absolute Gasteiger partial charge is 0.0941 e. The number of benzene rings is 1. The molecular formula is C14H17NO. The van der Waals surface area contributed by atoms with Crippen molar-refractivity contribution in [1.29, 1.82) is 0 Å². The van der Waals surface area contributed by atoms with Gasteiger partial charge in [-0.15, -0.1) is 0 Å². The van der Waals surface area contributed by atoms with E-state index < -0.39 is 0 Å². The van der Waals surface area contributed by atoms with Crippen LogP contribution in [-0.4, -0.2) is 10.1 Å². The number of aliphatic hydroxyl groups is 1. The summed E-state index contributed by atoms with van der Waals surface area (Å²) < 4.78 is 0. The van der Waals surface area contributed by atoms with Gasteiger partial charge in [-0.1, -0.05) is 13.0 Å². The quantitative estimate of drug-likeness (QED) is 0.753. The molecule has 0 radical (unpaired) electrons. The van der Waals surface area contributed by atoms with Crippen LogP contribution in [0.25, 0.3) is 10.9 Å². The monoisotopic (exact) mass is 215 g/mol. The van der Waals surface area contributed by atoms with E-state index in [1.165, 1.54) is 22.0 Å². The standard InChI is InChI=1S/C14H17NO/c1-2-9-6-7-12-11(8-9)10-4-3-5-13(16)14(10)15-12/h6-8,13,15-16H,2-5H2,1H3/t13-/m1/s1. The first kappa shape index (κ1) is 9.91. The van der Waals surface area contributed by atoms with Gasteiger partial charge in [0.25, 0.3) is 0 Å². The Morgan fingerprint density at radius 3 is 3.12 bits per heavy atom. The van der Waals surface area contributed by atoms with E-state index in [0.717, 1.165) is 31.4 Å². The van der Waals surface area contributed by atoms with Crippen LogP contribution in [-0.2, 0) is 12.8 Å². The predicted octanol–water partition coefficient (Wildman–Crippen LogP) is 3.10. The second-order valence-electron chi connectivity index (χ2n) is 4.66. The highest BCUT2D eigenvalue weighted by molar-refractivity contribution is 5.85. The number of aliphatic hydroxyl groups excluding tert-OH is 1. The van der Waals surface area contributed by atoms with Crippen molar-refractivity contribution in [2.75, 3.05) is 0 Å². The van der Waals surface area contributed by atoms with Crippen molar-refractivity contribution in [2.45, 2.75) is 38.7 Å². The van der Waals surface area contributed by atoms with Crippen LogP contribution in [0.5, 0.6) is 0 Å². The highest BCUT2D eigenvalue weighted by atomic mass is 16.3. The Hall–Kier alpha value is -1.28. The summed E-state index contributed by atoms with van der Waals surface area (Å²) >= 11 is 0. The van der Waals surface area contributed by atoms with Crippen molar-refractivity contribution in [3.63, 3.8) is 0 Å². The van der Waals surface area contributed by atoms with Crippen LogP contribution >= 0.6 is 0 Å². The Morgan fingerprint density at radius 2 is 2.31 bits per heavy atom. The van der Waals surface area contributed by atoms with E-state index in [0.29, 0.717) is 0 Å². The zero-order valence-corrected chi connectivity index (χ0v) is 9.59. The van der Waals surface area contributed by atoms with Crippen molar-refractivity contribution in [2.24, 2.45) is 0 Å². The molecule has 2 nitrogen and oxygen atoms in total. The summed E-state index contributed by atoms with van der Waals surface area (Å²) in [5.41, 5.74) is 4.93. The Kier molecular flexibility index (Phi) is 2.25. The number of aryl methyl sites for hydroxylation is 2. The molecule has 0 spiro atoms. The summed E-state index contributed by atoms with van der Waals surface area (Å²) in [6.45, 7) is 2.18. The lowest BCUT2D eigenvalue weighted by Gasteiger charge is -2.17. The first-order chi connectivity index (χ1) is 7.79. The van der Waals surface area contributed by atoms with Gasteiger partial charge in [-0.25, -0.2) is 0 Å². The maximum absolute atomic E-state index is 9.96. The van der Waals surface area contributed by atoms with Crippen LogP contribution in [0.15, 0.2) is 18.2 Å². The summed E-state index contributed by atoms with van der Waals surface area (Å²) in [5.74, 6) is 0. The molecule has 1 aromatic heterocycles. The van der Waals surface area contributed by atoms with Gasteiger partial charge in [-0.05, 0) is 48.9 Å². The van der Waals surface area contributed by atoms with Gasteiger partial charge in [0.15, 0.2) is 0 Å². The third-order valence-corrected chi connectivity index (χ3v) is 3.65.